The minimum Gasteiger partial charge on any atom is -0.386 e. The fourth-order valence-corrected chi connectivity index (χ4v) is 0.688. The second kappa shape index (κ2) is 3.33. The van der Waals surface area contributed by atoms with Crippen molar-refractivity contribution in [2.24, 2.45) is 5.92 Å². The summed E-state index contributed by atoms with van der Waals surface area (Å²) in [5.41, 5.74) is 0. The predicted octanol–water partition coefficient (Wildman–Crippen LogP) is -0.162. The Bertz CT molecular complexity index is 234. The molecule has 7 heteroatoms. The van der Waals surface area contributed by atoms with Crippen LogP contribution in [-0.2, 0) is 14.3 Å². The van der Waals surface area contributed by atoms with Gasteiger partial charge >= 0.3 is 18.1 Å². The molecule has 0 bridgehead atoms. The van der Waals surface area contributed by atoms with E-state index in [1.807, 2.05) is 0 Å². The maximum Gasteiger partial charge on any atom is 0.491 e. The van der Waals surface area contributed by atoms with Gasteiger partial charge < -0.3 is 10.1 Å². The van der Waals surface area contributed by atoms with Crippen LogP contribution in [-0.4, -0.2) is 31.2 Å². The molecule has 0 saturated carbocycles. The maximum absolute atomic E-state index is 11.6. The number of alkyl halides is 3. The fraction of sp³-hybridized carbons (Fsp3) is 0.667. The van der Waals surface area contributed by atoms with Gasteiger partial charge in [0.25, 0.3) is 0 Å². The lowest BCUT2D eigenvalue weighted by atomic mass is 10.0. The number of halogens is 3. The standard InChI is InChI=1S/C6H6F3NO3/c7-6(8,9)5(12)13-4(11)3-1-10-2-3/h3,10H,1-2H2. The molecule has 0 spiro atoms. The number of carbonyl (C=O) groups excluding carboxylic acids is 2. The molecule has 0 unspecified atom stereocenters. The highest BCUT2D eigenvalue weighted by atomic mass is 19.4. The lowest BCUT2D eigenvalue weighted by Crippen LogP contribution is -2.48. The first-order valence-corrected chi connectivity index (χ1v) is 3.45. The highest BCUT2D eigenvalue weighted by molar-refractivity contribution is 5.90. The summed E-state index contributed by atoms with van der Waals surface area (Å²) in [7, 11) is 0. The van der Waals surface area contributed by atoms with Crippen LogP contribution < -0.4 is 5.32 Å². The lowest BCUT2D eigenvalue weighted by molar-refractivity contribution is -0.203. The van der Waals surface area contributed by atoms with Crippen molar-refractivity contribution in [2.75, 3.05) is 13.1 Å². The molecule has 1 heterocycles. The third-order valence-corrected chi connectivity index (χ3v) is 1.54. The fourth-order valence-electron chi connectivity index (χ4n) is 0.688. The van der Waals surface area contributed by atoms with Crippen molar-refractivity contribution < 1.29 is 27.5 Å². The molecule has 1 N–H and O–H groups in total. The van der Waals surface area contributed by atoms with Crippen LogP contribution in [0.3, 0.4) is 0 Å². The molecule has 0 aromatic heterocycles. The first-order chi connectivity index (χ1) is 5.91. The van der Waals surface area contributed by atoms with E-state index in [0.29, 0.717) is 0 Å². The number of hydrogen-bond donors (Lipinski definition) is 1. The molecule has 0 amide bonds. The zero-order valence-electron chi connectivity index (χ0n) is 6.35. The van der Waals surface area contributed by atoms with Gasteiger partial charge in [-0.3, -0.25) is 4.79 Å². The highest BCUT2D eigenvalue weighted by Crippen LogP contribution is 2.18. The van der Waals surface area contributed by atoms with Gasteiger partial charge in [-0.2, -0.15) is 13.2 Å². The largest absolute Gasteiger partial charge is 0.491 e. The summed E-state index contributed by atoms with van der Waals surface area (Å²) in [6.45, 7) is 0.508. The Kier molecular flexibility index (Phi) is 2.55. The van der Waals surface area contributed by atoms with Gasteiger partial charge in [0.1, 0.15) is 0 Å². The molecule has 1 rings (SSSR count). The minimum atomic E-state index is -5.10. The van der Waals surface area contributed by atoms with Crippen LogP contribution in [0.2, 0.25) is 0 Å². The number of ether oxygens (including phenoxy) is 1. The molecule has 1 saturated heterocycles. The zero-order chi connectivity index (χ0) is 10.1. The second-order valence-corrected chi connectivity index (χ2v) is 2.56. The highest BCUT2D eigenvalue weighted by Gasteiger charge is 2.43. The molecular weight excluding hydrogens is 191 g/mol. The molecule has 0 atom stereocenters. The summed E-state index contributed by atoms with van der Waals surface area (Å²) in [6.07, 6.45) is -5.10. The van der Waals surface area contributed by atoms with E-state index in [2.05, 4.69) is 10.1 Å². The minimum absolute atomic E-state index is 0.254. The summed E-state index contributed by atoms with van der Waals surface area (Å²) in [6, 6.07) is 0. The van der Waals surface area contributed by atoms with Gasteiger partial charge in [0.2, 0.25) is 0 Å². The molecule has 0 radical (unpaired) electrons. The van der Waals surface area contributed by atoms with Crippen LogP contribution in [0.5, 0.6) is 0 Å². The van der Waals surface area contributed by atoms with E-state index in [1.165, 1.54) is 0 Å². The van der Waals surface area contributed by atoms with Crippen molar-refractivity contribution in [1.29, 1.82) is 0 Å². The molecule has 0 aliphatic carbocycles. The summed E-state index contributed by atoms with van der Waals surface area (Å²) < 4.78 is 38.2. The summed E-state index contributed by atoms with van der Waals surface area (Å²) >= 11 is 0. The number of nitrogens with one attached hydrogen (secondary N) is 1. The number of carbonyl (C=O) groups is 2. The van der Waals surface area contributed by atoms with Crippen LogP contribution >= 0.6 is 0 Å². The Morgan fingerprint density at radius 1 is 1.31 bits per heavy atom. The average molecular weight is 197 g/mol. The summed E-state index contributed by atoms with van der Waals surface area (Å²) in [5.74, 6) is -4.21. The van der Waals surface area contributed by atoms with Gasteiger partial charge in [-0.05, 0) is 0 Å². The third-order valence-electron chi connectivity index (χ3n) is 1.54. The van der Waals surface area contributed by atoms with E-state index in [0.717, 1.165) is 0 Å². The smallest absolute Gasteiger partial charge is 0.386 e. The molecule has 13 heavy (non-hydrogen) atoms. The first-order valence-electron chi connectivity index (χ1n) is 3.45. The summed E-state index contributed by atoms with van der Waals surface area (Å²) in [4.78, 5) is 20.8. The van der Waals surface area contributed by atoms with Crippen molar-refractivity contribution in [3.8, 4) is 0 Å². The Labute approximate surface area is 71.0 Å². The Morgan fingerprint density at radius 3 is 2.15 bits per heavy atom. The van der Waals surface area contributed by atoms with Crippen LogP contribution in [0.25, 0.3) is 0 Å². The van der Waals surface area contributed by atoms with E-state index in [4.69, 9.17) is 0 Å². The van der Waals surface area contributed by atoms with E-state index in [-0.39, 0.29) is 13.1 Å². The third kappa shape index (κ3) is 2.41. The molecule has 4 nitrogen and oxygen atoms in total. The number of hydrogen-bond acceptors (Lipinski definition) is 4. The Morgan fingerprint density at radius 2 is 1.85 bits per heavy atom. The maximum atomic E-state index is 11.6. The zero-order valence-corrected chi connectivity index (χ0v) is 6.35. The first kappa shape index (κ1) is 9.97. The molecular formula is C6H6F3NO3. The second-order valence-electron chi connectivity index (χ2n) is 2.56. The number of esters is 2. The predicted molar refractivity (Wildman–Crippen MR) is 33.5 cm³/mol. The van der Waals surface area contributed by atoms with Crippen molar-refractivity contribution in [1.82, 2.24) is 5.32 Å². The van der Waals surface area contributed by atoms with Crippen LogP contribution in [0.4, 0.5) is 13.2 Å². The van der Waals surface area contributed by atoms with Gasteiger partial charge in [-0.25, -0.2) is 4.79 Å². The van der Waals surface area contributed by atoms with Crippen LogP contribution in [0, 0.1) is 5.92 Å². The molecule has 1 aliphatic rings. The van der Waals surface area contributed by atoms with E-state index in [1.54, 1.807) is 0 Å². The van der Waals surface area contributed by atoms with Crippen molar-refractivity contribution in [2.45, 2.75) is 6.18 Å². The lowest BCUT2D eigenvalue weighted by Gasteiger charge is -2.24. The van der Waals surface area contributed by atoms with Crippen molar-refractivity contribution >= 4 is 11.9 Å². The van der Waals surface area contributed by atoms with Crippen molar-refractivity contribution in [3.63, 3.8) is 0 Å². The van der Waals surface area contributed by atoms with E-state index < -0.39 is 24.0 Å². The van der Waals surface area contributed by atoms with Gasteiger partial charge in [0.15, 0.2) is 0 Å². The van der Waals surface area contributed by atoms with Gasteiger partial charge in [0.05, 0.1) is 5.92 Å². The number of rotatable bonds is 1. The molecule has 0 aromatic carbocycles. The summed E-state index contributed by atoms with van der Waals surface area (Å²) in [5, 5.41) is 2.66. The monoisotopic (exact) mass is 197 g/mol. The molecule has 74 valence electrons. The van der Waals surface area contributed by atoms with Crippen molar-refractivity contribution in [3.05, 3.63) is 0 Å². The molecule has 1 aliphatic heterocycles. The topological polar surface area (TPSA) is 55.4 Å². The van der Waals surface area contributed by atoms with Crippen LogP contribution in [0.15, 0.2) is 0 Å². The van der Waals surface area contributed by atoms with Gasteiger partial charge in [-0.15, -0.1) is 0 Å². The van der Waals surface area contributed by atoms with Crippen LogP contribution in [0.1, 0.15) is 0 Å². The van der Waals surface area contributed by atoms with Gasteiger partial charge in [-0.1, -0.05) is 0 Å². The quantitative estimate of drug-likeness (QED) is 0.468. The average Bonchev–Trinajstić information content (AvgIpc) is 1.79. The molecule has 1 fully saturated rings. The molecule has 0 aromatic rings. The van der Waals surface area contributed by atoms with E-state index in [9.17, 15) is 22.8 Å². The SMILES string of the molecule is O=C(OC(=O)C(F)(F)F)C1CNC1. The Hall–Kier alpha value is -1.11. The Balaban J connectivity index is 2.39. The normalized spacial score (nSPS) is 17.8. The van der Waals surface area contributed by atoms with E-state index >= 15 is 0 Å². The van der Waals surface area contributed by atoms with Gasteiger partial charge in [0, 0.05) is 13.1 Å².